The smallest absolute Gasteiger partial charge is 0.408 e. The van der Waals surface area contributed by atoms with Gasteiger partial charge in [0.1, 0.15) is 17.5 Å². The highest BCUT2D eigenvalue weighted by molar-refractivity contribution is 5.94. The highest BCUT2D eigenvalue weighted by Gasteiger charge is 2.31. The number of nitrogens with one attached hydrogen (secondary N) is 2. The van der Waals surface area contributed by atoms with Crippen LogP contribution < -0.4 is 21.3 Å². The van der Waals surface area contributed by atoms with Crippen LogP contribution in [0.25, 0.3) is 10.9 Å². The Kier molecular flexibility index (Phi) is 7.82. The number of carbonyl (C=O) groups is 3. The predicted molar refractivity (Wildman–Crippen MR) is 131 cm³/mol. The summed E-state index contributed by atoms with van der Waals surface area (Å²) in [5, 5.41) is 6.21. The van der Waals surface area contributed by atoms with Crippen LogP contribution in [0.15, 0.2) is 24.4 Å². The van der Waals surface area contributed by atoms with Crippen molar-refractivity contribution in [3.8, 4) is 0 Å². The molecule has 3 rings (SSSR count). The predicted octanol–water partition coefficient (Wildman–Crippen LogP) is 2.78. The second-order valence-corrected chi connectivity index (χ2v) is 10.2. The Morgan fingerprint density at radius 3 is 2.69 bits per heavy atom. The lowest BCUT2D eigenvalue weighted by Gasteiger charge is -2.39. The molecular weight excluding hydrogens is 453 g/mol. The first kappa shape index (κ1) is 26.2. The lowest BCUT2D eigenvalue weighted by atomic mass is 9.94. The number of primary amides is 1. The van der Waals surface area contributed by atoms with Gasteiger partial charge in [0.05, 0.1) is 11.9 Å². The number of anilines is 1. The van der Waals surface area contributed by atoms with Gasteiger partial charge in [-0.2, -0.15) is 0 Å². The van der Waals surface area contributed by atoms with Gasteiger partial charge in [-0.1, -0.05) is 6.92 Å². The monoisotopic (exact) mass is 487 g/mol. The zero-order valence-electron chi connectivity index (χ0n) is 20.9. The maximum atomic E-state index is 14.7. The van der Waals surface area contributed by atoms with Crippen LogP contribution in [0.4, 0.5) is 14.9 Å². The van der Waals surface area contributed by atoms with Gasteiger partial charge in [-0.05, 0) is 58.2 Å². The van der Waals surface area contributed by atoms with Crippen LogP contribution in [-0.4, -0.2) is 53.7 Å². The van der Waals surface area contributed by atoms with Crippen molar-refractivity contribution >= 4 is 34.5 Å². The third-order valence-corrected chi connectivity index (χ3v) is 5.82. The first-order valence-electron chi connectivity index (χ1n) is 11.7. The Labute approximate surface area is 204 Å². The number of nitrogens with zero attached hydrogens (tertiary/aromatic N) is 2. The Morgan fingerprint density at radius 2 is 2.03 bits per heavy atom. The normalized spacial score (nSPS) is 19.2. The van der Waals surface area contributed by atoms with Crippen LogP contribution in [0.3, 0.4) is 0 Å². The van der Waals surface area contributed by atoms with Crippen molar-refractivity contribution in [1.29, 1.82) is 0 Å². The van der Waals surface area contributed by atoms with E-state index in [4.69, 9.17) is 10.5 Å². The van der Waals surface area contributed by atoms with E-state index >= 15 is 0 Å². The quantitative estimate of drug-likeness (QED) is 0.575. The number of hydrogen-bond donors (Lipinski definition) is 3. The molecule has 2 heterocycles. The summed E-state index contributed by atoms with van der Waals surface area (Å²) in [6.45, 7) is 9.95. The van der Waals surface area contributed by atoms with Crippen molar-refractivity contribution in [3.05, 3.63) is 35.8 Å². The molecule has 1 aromatic heterocycles. The van der Waals surface area contributed by atoms with E-state index in [0.717, 1.165) is 5.39 Å². The van der Waals surface area contributed by atoms with Gasteiger partial charge in [0.15, 0.2) is 0 Å². The van der Waals surface area contributed by atoms with E-state index < -0.39 is 29.6 Å². The summed E-state index contributed by atoms with van der Waals surface area (Å²) < 4.78 is 19.9. The van der Waals surface area contributed by atoms with E-state index in [9.17, 15) is 18.8 Å². The molecule has 3 atom stereocenters. The Balaban J connectivity index is 1.78. The highest BCUT2D eigenvalue weighted by Crippen LogP contribution is 2.32. The summed E-state index contributed by atoms with van der Waals surface area (Å²) >= 11 is 0. The minimum atomic E-state index is -1.17. The molecule has 1 fully saturated rings. The maximum Gasteiger partial charge on any atom is 0.408 e. The molecule has 1 saturated heterocycles. The molecule has 1 aromatic carbocycles. The van der Waals surface area contributed by atoms with Gasteiger partial charge < -0.3 is 26.0 Å². The van der Waals surface area contributed by atoms with E-state index in [2.05, 4.69) is 22.5 Å². The third kappa shape index (κ3) is 6.80. The summed E-state index contributed by atoms with van der Waals surface area (Å²) in [6.07, 6.45) is 1.14. The SMILES string of the molecule is Cc1c(F)cc(N2C[C@@H](C)C[C@@H](NC(=O)C(CC(N)=O)NC(=O)OC(C)(C)C)C2)c2cccnc12. The number of alkyl carbamates (subject to hydrolysis) is 1. The number of aryl methyl sites for hydroxylation is 1. The lowest BCUT2D eigenvalue weighted by Crippen LogP contribution is -2.56. The fourth-order valence-electron chi connectivity index (χ4n) is 4.41. The summed E-state index contributed by atoms with van der Waals surface area (Å²) in [7, 11) is 0. The van der Waals surface area contributed by atoms with Crippen molar-refractivity contribution in [3.63, 3.8) is 0 Å². The molecule has 0 spiro atoms. The molecule has 1 unspecified atom stereocenters. The van der Waals surface area contributed by atoms with Crippen LogP contribution >= 0.6 is 0 Å². The van der Waals surface area contributed by atoms with Crippen LogP contribution in [0.1, 0.15) is 46.1 Å². The van der Waals surface area contributed by atoms with Crippen LogP contribution in [0, 0.1) is 18.7 Å². The van der Waals surface area contributed by atoms with Crippen molar-refractivity contribution < 1.29 is 23.5 Å². The van der Waals surface area contributed by atoms with Gasteiger partial charge in [-0.25, -0.2) is 9.18 Å². The molecule has 1 aliphatic heterocycles. The molecular formula is C25H34FN5O4. The molecule has 0 saturated carbocycles. The first-order chi connectivity index (χ1) is 16.3. The molecule has 9 nitrogen and oxygen atoms in total. The van der Waals surface area contributed by atoms with Crippen molar-refractivity contribution in [1.82, 2.24) is 15.6 Å². The van der Waals surface area contributed by atoms with Gasteiger partial charge in [0.2, 0.25) is 11.8 Å². The number of carbonyl (C=O) groups excluding carboxylic acids is 3. The molecule has 0 bridgehead atoms. The Morgan fingerprint density at radius 1 is 1.31 bits per heavy atom. The van der Waals surface area contributed by atoms with E-state index in [1.807, 2.05) is 17.0 Å². The average Bonchev–Trinajstić information content (AvgIpc) is 2.73. The van der Waals surface area contributed by atoms with Crippen LogP contribution in [0.5, 0.6) is 0 Å². The van der Waals surface area contributed by atoms with Crippen LogP contribution in [0.2, 0.25) is 0 Å². The standard InChI is InChI=1S/C25H34FN5O4/c1-14-9-16(29-23(33)19(11-21(27)32)30-24(34)35-25(3,4)5)13-31(12-14)20-10-18(26)15(2)22-17(20)7-6-8-28-22/h6-8,10,14,16,19H,9,11-13H2,1-5H3,(H2,27,32)(H,29,33)(H,30,34)/t14-,16+,19?/m0/s1. The maximum absolute atomic E-state index is 14.7. The summed E-state index contributed by atoms with van der Waals surface area (Å²) in [6, 6.07) is 3.76. The second-order valence-electron chi connectivity index (χ2n) is 10.2. The van der Waals surface area contributed by atoms with E-state index in [1.54, 1.807) is 33.9 Å². The number of fused-ring (bicyclic) bond motifs is 1. The number of amides is 3. The fraction of sp³-hybridized carbons (Fsp3) is 0.520. The number of ether oxygens (including phenoxy) is 1. The highest BCUT2D eigenvalue weighted by atomic mass is 19.1. The van der Waals surface area contributed by atoms with Crippen molar-refractivity contribution in [2.24, 2.45) is 11.7 Å². The number of pyridine rings is 1. The molecule has 2 aromatic rings. The molecule has 190 valence electrons. The molecule has 0 radical (unpaired) electrons. The molecule has 3 amide bonds. The number of benzene rings is 1. The number of rotatable bonds is 6. The minimum Gasteiger partial charge on any atom is -0.444 e. The number of halogens is 1. The third-order valence-electron chi connectivity index (χ3n) is 5.82. The fourth-order valence-corrected chi connectivity index (χ4v) is 4.41. The minimum absolute atomic E-state index is 0.193. The summed E-state index contributed by atoms with van der Waals surface area (Å²) in [5.74, 6) is -1.41. The van der Waals surface area contributed by atoms with Gasteiger partial charge in [0, 0.05) is 42.0 Å². The number of aromatic nitrogens is 1. The largest absolute Gasteiger partial charge is 0.444 e. The van der Waals surface area contributed by atoms with E-state index in [0.29, 0.717) is 36.3 Å². The summed E-state index contributed by atoms with van der Waals surface area (Å²) in [4.78, 5) is 43.2. The molecule has 1 aliphatic rings. The zero-order chi connectivity index (χ0) is 25.9. The average molecular weight is 488 g/mol. The van der Waals surface area contributed by atoms with Gasteiger partial charge in [0.25, 0.3) is 0 Å². The summed E-state index contributed by atoms with van der Waals surface area (Å²) in [5.41, 5.74) is 6.34. The Bertz CT molecular complexity index is 1120. The van der Waals surface area contributed by atoms with Gasteiger partial charge >= 0.3 is 6.09 Å². The van der Waals surface area contributed by atoms with Crippen LogP contribution in [-0.2, 0) is 14.3 Å². The number of piperidine rings is 1. The van der Waals surface area contributed by atoms with Gasteiger partial charge in [-0.15, -0.1) is 0 Å². The lowest BCUT2D eigenvalue weighted by molar-refractivity contribution is -0.127. The first-order valence-corrected chi connectivity index (χ1v) is 11.7. The van der Waals surface area contributed by atoms with E-state index in [-0.39, 0.29) is 24.2 Å². The molecule has 0 aliphatic carbocycles. The number of hydrogen-bond acceptors (Lipinski definition) is 6. The second kappa shape index (κ2) is 10.5. The topological polar surface area (TPSA) is 127 Å². The number of nitrogens with two attached hydrogens (primary N) is 1. The van der Waals surface area contributed by atoms with Crippen molar-refractivity contribution in [2.45, 2.75) is 65.1 Å². The molecule has 35 heavy (non-hydrogen) atoms. The van der Waals surface area contributed by atoms with Gasteiger partial charge in [-0.3, -0.25) is 14.6 Å². The zero-order valence-corrected chi connectivity index (χ0v) is 20.9. The molecule has 10 heteroatoms. The molecule has 4 N–H and O–H groups in total. The van der Waals surface area contributed by atoms with E-state index in [1.165, 1.54) is 6.07 Å². The van der Waals surface area contributed by atoms with Crippen molar-refractivity contribution in [2.75, 3.05) is 18.0 Å². The Hall–Kier alpha value is -3.43.